The Kier molecular flexibility index (Phi) is 5.90. The van der Waals surface area contributed by atoms with Crippen LogP contribution in [0.1, 0.15) is 56.0 Å². The van der Waals surface area contributed by atoms with Crippen molar-refractivity contribution in [2.45, 2.75) is 51.6 Å². The second kappa shape index (κ2) is 8.57. The molecule has 2 aromatic rings. The molecule has 1 atom stereocenters. The molecule has 0 unspecified atom stereocenters. The number of carbonyl (C=O) groups excluding carboxylic acids is 2. The molecule has 0 spiro atoms. The molecule has 3 heterocycles. The molecule has 2 aliphatic rings. The molecule has 0 bridgehead atoms. The van der Waals surface area contributed by atoms with E-state index in [1.165, 1.54) is 0 Å². The lowest BCUT2D eigenvalue weighted by Crippen LogP contribution is -2.48. The van der Waals surface area contributed by atoms with Gasteiger partial charge in [-0.05, 0) is 57.6 Å². The van der Waals surface area contributed by atoms with Crippen LogP contribution in [0.4, 0.5) is 0 Å². The van der Waals surface area contributed by atoms with Gasteiger partial charge in [0.25, 0.3) is 5.91 Å². The first-order valence-electron chi connectivity index (χ1n) is 10.7. The number of carbonyl (C=O) groups is 2. The highest BCUT2D eigenvalue weighted by Gasteiger charge is 2.45. The van der Waals surface area contributed by atoms with Gasteiger partial charge in [0.05, 0.1) is 18.1 Å². The van der Waals surface area contributed by atoms with Crippen LogP contribution in [0.3, 0.4) is 0 Å². The number of rotatable bonds is 5. The van der Waals surface area contributed by atoms with Gasteiger partial charge in [-0.15, -0.1) is 0 Å². The molecular formula is C23H29NO5. The number of likely N-dealkylation sites (tertiary alicyclic amines) is 1. The number of fused-ring (bicyclic) bond motifs is 1. The average molecular weight is 399 g/mol. The fraction of sp³-hybridized carbons (Fsp3) is 0.565. The number of para-hydroxylation sites is 1. The Morgan fingerprint density at radius 1 is 1.21 bits per heavy atom. The maximum atomic E-state index is 13.0. The van der Waals surface area contributed by atoms with Crippen LogP contribution in [0.25, 0.3) is 11.0 Å². The summed E-state index contributed by atoms with van der Waals surface area (Å²) in [7, 11) is 0. The number of piperidine rings is 1. The van der Waals surface area contributed by atoms with Crippen molar-refractivity contribution >= 4 is 22.8 Å². The minimum Gasteiger partial charge on any atom is -0.466 e. The summed E-state index contributed by atoms with van der Waals surface area (Å²) < 4.78 is 17.1. The van der Waals surface area contributed by atoms with Crippen molar-refractivity contribution in [1.82, 2.24) is 4.90 Å². The maximum Gasteiger partial charge on any atom is 0.312 e. The number of ether oxygens (including phenoxy) is 2. The Hall–Kier alpha value is -2.34. The molecule has 1 aromatic heterocycles. The fourth-order valence-corrected chi connectivity index (χ4v) is 4.56. The monoisotopic (exact) mass is 399 g/mol. The normalized spacial score (nSPS) is 21.8. The van der Waals surface area contributed by atoms with Crippen LogP contribution in [0.2, 0.25) is 0 Å². The first kappa shape index (κ1) is 20.0. The number of nitrogens with zero attached hydrogens (tertiary/aromatic N) is 1. The molecule has 6 heteroatoms. The third kappa shape index (κ3) is 4.17. The van der Waals surface area contributed by atoms with E-state index in [1.54, 1.807) is 11.0 Å². The largest absolute Gasteiger partial charge is 0.466 e. The highest BCUT2D eigenvalue weighted by atomic mass is 16.5. The van der Waals surface area contributed by atoms with Crippen molar-refractivity contribution in [2.24, 2.45) is 5.41 Å². The van der Waals surface area contributed by atoms with E-state index in [4.69, 9.17) is 13.9 Å². The van der Waals surface area contributed by atoms with E-state index in [1.807, 2.05) is 31.2 Å². The first-order valence-corrected chi connectivity index (χ1v) is 10.7. The van der Waals surface area contributed by atoms with Gasteiger partial charge in [-0.1, -0.05) is 18.2 Å². The zero-order valence-electron chi connectivity index (χ0n) is 17.0. The minimum atomic E-state index is -0.567. The van der Waals surface area contributed by atoms with Gasteiger partial charge in [-0.3, -0.25) is 9.59 Å². The Balaban J connectivity index is 1.46. The van der Waals surface area contributed by atoms with E-state index in [9.17, 15) is 9.59 Å². The van der Waals surface area contributed by atoms with Gasteiger partial charge < -0.3 is 18.8 Å². The van der Waals surface area contributed by atoms with E-state index in [0.717, 1.165) is 31.3 Å². The Bertz CT molecular complexity index is 826. The SMILES string of the molecule is CCOC(=O)C1(C[C@@H]2CCCCO2)CCN(C(=O)c2cc3ccccc3o2)CC1. The number of esters is 1. The standard InChI is InChI=1S/C23H29NO5/c1-2-27-22(26)23(16-18-8-5-6-14-28-18)10-12-24(13-11-23)21(25)20-15-17-7-3-4-9-19(17)29-20/h3-4,7,9,15,18H,2,5-6,8,10-14,16H2,1H3/t18-/m0/s1. The smallest absolute Gasteiger partial charge is 0.312 e. The Morgan fingerprint density at radius 2 is 2.00 bits per heavy atom. The van der Waals surface area contributed by atoms with E-state index in [-0.39, 0.29) is 18.0 Å². The summed E-state index contributed by atoms with van der Waals surface area (Å²) >= 11 is 0. The Morgan fingerprint density at radius 3 is 2.69 bits per heavy atom. The molecule has 4 rings (SSSR count). The molecule has 0 N–H and O–H groups in total. The van der Waals surface area contributed by atoms with E-state index >= 15 is 0 Å². The zero-order valence-corrected chi connectivity index (χ0v) is 17.0. The molecule has 156 valence electrons. The number of furan rings is 1. The van der Waals surface area contributed by atoms with Crippen LogP contribution >= 0.6 is 0 Å². The summed E-state index contributed by atoms with van der Waals surface area (Å²) in [6.07, 6.45) is 5.19. The van der Waals surface area contributed by atoms with Crippen LogP contribution < -0.4 is 0 Å². The number of amides is 1. The van der Waals surface area contributed by atoms with Crippen molar-refractivity contribution in [3.63, 3.8) is 0 Å². The average Bonchev–Trinajstić information content (AvgIpc) is 3.19. The molecule has 0 aliphatic carbocycles. The van der Waals surface area contributed by atoms with Crippen LogP contribution in [0.5, 0.6) is 0 Å². The van der Waals surface area contributed by atoms with E-state index in [0.29, 0.717) is 50.3 Å². The highest BCUT2D eigenvalue weighted by molar-refractivity contribution is 5.96. The summed E-state index contributed by atoms with van der Waals surface area (Å²) in [5, 5.41) is 0.920. The van der Waals surface area contributed by atoms with E-state index in [2.05, 4.69) is 0 Å². The Labute approximate surface area is 171 Å². The summed E-state index contributed by atoms with van der Waals surface area (Å²) in [5.74, 6) is 0.0861. The summed E-state index contributed by atoms with van der Waals surface area (Å²) in [6.45, 7) is 4.00. The molecule has 2 fully saturated rings. The number of benzene rings is 1. The first-order chi connectivity index (χ1) is 14.1. The zero-order chi connectivity index (χ0) is 20.3. The van der Waals surface area contributed by atoms with Crippen LogP contribution in [-0.2, 0) is 14.3 Å². The molecule has 0 saturated carbocycles. The fourth-order valence-electron chi connectivity index (χ4n) is 4.56. The summed E-state index contributed by atoms with van der Waals surface area (Å²) in [4.78, 5) is 27.6. The second-order valence-corrected chi connectivity index (χ2v) is 8.13. The van der Waals surface area contributed by atoms with Crippen LogP contribution in [-0.4, -0.2) is 49.2 Å². The van der Waals surface area contributed by atoms with Crippen molar-refractivity contribution in [3.05, 3.63) is 36.1 Å². The lowest BCUT2D eigenvalue weighted by molar-refractivity contribution is -0.162. The number of hydrogen-bond donors (Lipinski definition) is 0. The van der Waals surface area contributed by atoms with Crippen LogP contribution in [0.15, 0.2) is 34.7 Å². The third-order valence-electron chi connectivity index (χ3n) is 6.24. The quantitative estimate of drug-likeness (QED) is 0.706. The lowest BCUT2D eigenvalue weighted by atomic mass is 9.73. The maximum absolute atomic E-state index is 13.0. The molecule has 0 radical (unpaired) electrons. The molecule has 2 aliphatic heterocycles. The topological polar surface area (TPSA) is 69.0 Å². The minimum absolute atomic E-state index is 0.103. The molecule has 6 nitrogen and oxygen atoms in total. The van der Waals surface area contributed by atoms with Crippen LogP contribution in [0, 0.1) is 5.41 Å². The number of hydrogen-bond acceptors (Lipinski definition) is 5. The second-order valence-electron chi connectivity index (χ2n) is 8.13. The van der Waals surface area contributed by atoms with Gasteiger partial charge in [0.1, 0.15) is 5.58 Å². The van der Waals surface area contributed by atoms with Crippen molar-refractivity contribution < 1.29 is 23.5 Å². The van der Waals surface area contributed by atoms with E-state index < -0.39 is 5.41 Å². The van der Waals surface area contributed by atoms with Gasteiger partial charge in [0.2, 0.25) is 0 Å². The molecule has 29 heavy (non-hydrogen) atoms. The predicted octanol–water partition coefficient (Wildman–Crippen LogP) is 4.18. The van der Waals surface area contributed by atoms with Crippen molar-refractivity contribution in [1.29, 1.82) is 0 Å². The predicted molar refractivity (Wildman–Crippen MR) is 109 cm³/mol. The van der Waals surface area contributed by atoms with Gasteiger partial charge in [0, 0.05) is 25.1 Å². The van der Waals surface area contributed by atoms with Gasteiger partial charge in [0.15, 0.2) is 5.76 Å². The lowest BCUT2D eigenvalue weighted by Gasteiger charge is -2.41. The van der Waals surface area contributed by atoms with Gasteiger partial charge >= 0.3 is 5.97 Å². The van der Waals surface area contributed by atoms with Crippen molar-refractivity contribution in [2.75, 3.05) is 26.3 Å². The third-order valence-corrected chi connectivity index (χ3v) is 6.24. The summed E-state index contributed by atoms with van der Waals surface area (Å²) in [5.41, 5.74) is 0.144. The van der Waals surface area contributed by atoms with Crippen molar-refractivity contribution in [3.8, 4) is 0 Å². The molecule has 2 saturated heterocycles. The molecular weight excluding hydrogens is 370 g/mol. The summed E-state index contributed by atoms with van der Waals surface area (Å²) in [6, 6.07) is 9.40. The molecule has 1 aromatic carbocycles. The molecule has 1 amide bonds. The van der Waals surface area contributed by atoms with Gasteiger partial charge in [-0.2, -0.15) is 0 Å². The van der Waals surface area contributed by atoms with Gasteiger partial charge in [-0.25, -0.2) is 0 Å². The highest BCUT2D eigenvalue weighted by Crippen LogP contribution is 2.40.